The highest BCUT2D eigenvalue weighted by Crippen LogP contribution is 2.05. The lowest BCUT2D eigenvalue weighted by Gasteiger charge is -2.05. The van der Waals surface area contributed by atoms with Gasteiger partial charge in [0.15, 0.2) is 0 Å². The lowest BCUT2D eigenvalue weighted by atomic mass is 10.0. The zero-order valence-electron chi connectivity index (χ0n) is 6.83. The van der Waals surface area contributed by atoms with Gasteiger partial charge < -0.3 is 5.41 Å². The highest BCUT2D eigenvalue weighted by molar-refractivity contribution is 5.99. The topological polar surface area (TPSA) is 36.7 Å². The van der Waals surface area contributed by atoms with Gasteiger partial charge in [-0.3, -0.25) is 4.98 Å². The molecule has 1 heterocycles. The summed E-state index contributed by atoms with van der Waals surface area (Å²) in [6.45, 7) is 4.03. The highest BCUT2D eigenvalue weighted by Gasteiger charge is 2.03. The maximum atomic E-state index is 7.66. The molecule has 1 aromatic rings. The Morgan fingerprint density at radius 2 is 1.91 bits per heavy atom. The van der Waals surface area contributed by atoms with E-state index in [0.717, 1.165) is 5.56 Å². The van der Waals surface area contributed by atoms with Crippen LogP contribution in [0.2, 0.25) is 0 Å². The maximum absolute atomic E-state index is 7.66. The largest absolute Gasteiger partial charge is 0.304 e. The summed E-state index contributed by atoms with van der Waals surface area (Å²) in [5.74, 6) is 0.289. The van der Waals surface area contributed by atoms with Crippen molar-refractivity contribution in [2.24, 2.45) is 5.92 Å². The van der Waals surface area contributed by atoms with E-state index in [0.29, 0.717) is 5.71 Å². The first-order valence-corrected chi connectivity index (χ1v) is 3.70. The van der Waals surface area contributed by atoms with Gasteiger partial charge in [0, 0.05) is 18.1 Å². The third kappa shape index (κ3) is 1.87. The van der Waals surface area contributed by atoms with Gasteiger partial charge in [-0.1, -0.05) is 13.8 Å². The second kappa shape index (κ2) is 3.28. The van der Waals surface area contributed by atoms with Crippen LogP contribution in [0.15, 0.2) is 24.5 Å². The average Bonchev–Trinajstić information content (AvgIpc) is 2.05. The Kier molecular flexibility index (Phi) is 2.36. The maximum Gasteiger partial charge on any atom is 0.0412 e. The van der Waals surface area contributed by atoms with E-state index >= 15 is 0 Å². The average molecular weight is 148 g/mol. The van der Waals surface area contributed by atoms with Crippen LogP contribution in [0.1, 0.15) is 19.4 Å². The lowest BCUT2D eigenvalue weighted by Crippen LogP contribution is -2.06. The van der Waals surface area contributed by atoms with E-state index < -0.39 is 0 Å². The molecule has 0 saturated carbocycles. The minimum Gasteiger partial charge on any atom is -0.304 e. The molecule has 1 N–H and O–H groups in total. The second-order valence-electron chi connectivity index (χ2n) is 2.80. The van der Waals surface area contributed by atoms with Crippen molar-refractivity contribution in [1.82, 2.24) is 4.98 Å². The van der Waals surface area contributed by atoms with Gasteiger partial charge in [-0.05, 0) is 23.6 Å². The molecule has 0 aliphatic heterocycles. The molecule has 0 atom stereocenters. The Balaban J connectivity index is 2.86. The molecule has 0 spiro atoms. The van der Waals surface area contributed by atoms with E-state index in [1.807, 2.05) is 26.0 Å². The van der Waals surface area contributed by atoms with Crippen LogP contribution in [0.25, 0.3) is 0 Å². The summed E-state index contributed by atoms with van der Waals surface area (Å²) in [7, 11) is 0. The van der Waals surface area contributed by atoms with Crippen LogP contribution in [-0.2, 0) is 0 Å². The summed E-state index contributed by atoms with van der Waals surface area (Å²) in [5, 5.41) is 7.66. The van der Waals surface area contributed by atoms with Crippen LogP contribution in [0.5, 0.6) is 0 Å². The Morgan fingerprint density at radius 3 is 2.36 bits per heavy atom. The monoisotopic (exact) mass is 148 g/mol. The van der Waals surface area contributed by atoms with Crippen LogP contribution < -0.4 is 0 Å². The molecule has 0 aromatic carbocycles. The van der Waals surface area contributed by atoms with E-state index in [1.165, 1.54) is 0 Å². The summed E-state index contributed by atoms with van der Waals surface area (Å²) >= 11 is 0. The smallest absolute Gasteiger partial charge is 0.0412 e. The Morgan fingerprint density at radius 1 is 1.36 bits per heavy atom. The van der Waals surface area contributed by atoms with E-state index in [4.69, 9.17) is 5.41 Å². The number of rotatable bonds is 2. The van der Waals surface area contributed by atoms with Crippen LogP contribution in [0, 0.1) is 11.3 Å². The van der Waals surface area contributed by atoms with Crippen molar-refractivity contribution in [3.05, 3.63) is 30.1 Å². The third-order valence-electron chi connectivity index (χ3n) is 1.57. The fourth-order valence-electron chi connectivity index (χ4n) is 0.865. The van der Waals surface area contributed by atoms with Crippen LogP contribution in [0.4, 0.5) is 0 Å². The lowest BCUT2D eigenvalue weighted by molar-refractivity contribution is 0.877. The van der Waals surface area contributed by atoms with Gasteiger partial charge in [0.2, 0.25) is 0 Å². The normalized spacial score (nSPS) is 10.1. The van der Waals surface area contributed by atoms with Gasteiger partial charge in [0.05, 0.1) is 0 Å². The molecule has 0 saturated heterocycles. The van der Waals surface area contributed by atoms with Gasteiger partial charge in [0.25, 0.3) is 0 Å². The van der Waals surface area contributed by atoms with Gasteiger partial charge >= 0.3 is 0 Å². The molecule has 0 unspecified atom stereocenters. The number of aromatic nitrogens is 1. The minimum atomic E-state index is 0.289. The fourth-order valence-corrected chi connectivity index (χ4v) is 0.865. The zero-order valence-corrected chi connectivity index (χ0v) is 6.83. The van der Waals surface area contributed by atoms with E-state index in [9.17, 15) is 0 Å². The number of pyridine rings is 1. The molecular weight excluding hydrogens is 136 g/mol. The predicted octanol–water partition coefficient (Wildman–Crippen LogP) is 2.11. The molecule has 2 nitrogen and oxygen atoms in total. The number of hydrogen-bond donors (Lipinski definition) is 1. The standard InChI is InChI=1S/C9H12N2/c1-7(2)9(10)8-3-5-11-6-4-8/h3-7,10H,1-2H3. The molecule has 0 radical (unpaired) electrons. The molecular formula is C9H12N2. The molecule has 1 rings (SSSR count). The van der Waals surface area contributed by atoms with E-state index in [2.05, 4.69) is 4.98 Å². The molecule has 11 heavy (non-hydrogen) atoms. The number of hydrogen-bond acceptors (Lipinski definition) is 2. The summed E-state index contributed by atoms with van der Waals surface area (Å²) in [4.78, 5) is 3.89. The van der Waals surface area contributed by atoms with Crippen LogP contribution >= 0.6 is 0 Å². The zero-order chi connectivity index (χ0) is 8.27. The van der Waals surface area contributed by atoms with Crippen molar-refractivity contribution >= 4 is 5.71 Å². The summed E-state index contributed by atoms with van der Waals surface area (Å²) < 4.78 is 0. The van der Waals surface area contributed by atoms with Crippen molar-refractivity contribution in [1.29, 1.82) is 5.41 Å². The van der Waals surface area contributed by atoms with E-state index in [1.54, 1.807) is 12.4 Å². The van der Waals surface area contributed by atoms with Crippen LogP contribution in [0.3, 0.4) is 0 Å². The van der Waals surface area contributed by atoms with Crippen molar-refractivity contribution in [3.8, 4) is 0 Å². The van der Waals surface area contributed by atoms with Gasteiger partial charge in [-0.15, -0.1) is 0 Å². The van der Waals surface area contributed by atoms with Crippen LogP contribution in [-0.4, -0.2) is 10.7 Å². The van der Waals surface area contributed by atoms with Gasteiger partial charge in [-0.2, -0.15) is 0 Å². The Hall–Kier alpha value is -1.18. The molecule has 0 aliphatic carbocycles. The SMILES string of the molecule is CC(C)C(=N)c1ccncc1. The summed E-state index contributed by atoms with van der Waals surface area (Å²) in [6.07, 6.45) is 3.43. The first kappa shape index (κ1) is 7.92. The van der Waals surface area contributed by atoms with Crippen molar-refractivity contribution in [2.75, 3.05) is 0 Å². The quantitative estimate of drug-likeness (QED) is 0.641. The van der Waals surface area contributed by atoms with Crippen molar-refractivity contribution in [2.45, 2.75) is 13.8 Å². The molecule has 0 aliphatic rings. The van der Waals surface area contributed by atoms with Crippen molar-refractivity contribution in [3.63, 3.8) is 0 Å². The Bertz CT molecular complexity index is 239. The summed E-state index contributed by atoms with van der Waals surface area (Å²) in [6, 6.07) is 3.73. The highest BCUT2D eigenvalue weighted by atomic mass is 14.6. The minimum absolute atomic E-state index is 0.289. The number of nitrogens with one attached hydrogen (secondary N) is 1. The van der Waals surface area contributed by atoms with E-state index in [-0.39, 0.29) is 5.92 Å². The van der Waals surface area contributed by atoms with Gasteiger partial charge in [-0.25, -0.2) is 0 Å². The fraction of sp³-hybridized carbons (Fsp3) is 0.333. The van der Waals surface area contributed by atoms with Crippen molar-refractivity contribution < 1.29 is 0 Å². The second-order valence-corrected chi connectivity index (χ2v) is 2.80. The van der Waals surface area contributed by atoms with Gasteiger partial charge in [0.1, 0.15) is 0 Å². The first-order chi connectivity index (χ1) is 5.22. The number of nitrogens with zero attached hydrogens (tertiary/aromatic N) is 1. The predicted molar refractivity (Wildman–Crippen MR) is 45.9 cm³/mol. The molecule has 58 valence electrons. The summed E-state index contributed by atoms with van der Waals surface area (Å²) in [5.41, 5.74) is 1.64. The molecule has 0 amide bonds. The third-order valence-corrected chi connectivity index (χ3v) is 1.57. The molecule has 2 heteroatoms. The Labute approximate surface area is 66.8 Å². The molecule has 0 bridgehead atoms. The first-order valence-electron chi connectivity index (χ1n) is 3.70. The molecule has 0 fully saturated rings. The molecule has 1 aromatic heterocycles.